The van der Waals surface area contributed by atoms with E-state index in [2.05, 4.69) is 15.9 Å². The molecule has 1 N–H and O–H groups in total. The van der Waals surface area contributed by atoms with Crippen molar-refractivity contribution in [3.05, 3.63) is 40.2 Å². The van der Waals surface area contributed by atoms with Crippen molar-refractivity contribution < 1.29 is 13.5 Å². The molecule has 0 heterocycles. The Hall–Kier alpha value is -0.650. The minimum Gasteiger partial charge on any atom is -0.388 e. The molecule has 0 saturated heterocycles. The molecular weight excluding hydrogens is 316 g/mol. The van der Waals surface area contributed by atoms with Gasteiger partial charge >= 0.3 is 0 Å². The summed E-state index contributed by atoms with van der Waals surface area (Å²) in [5, 5.41) is 10.9. The number of aliphatic hydroxyl groups is 1. The Morgan fingerprint density at radius 1 is 1.39 bits per heavy atom. The third-order valence-corrected chi connectivity index (χ3v) is 5.04. The molecule has 0 aliphatic rings. The van der Waals surface area contributed by atoms with Crippen LogP contribution in [0.1, 0.15) is 26.2 Å². The number of hydrogen-bond acceptors (Lipinski definition) is 3. The highest BCUT2D eigenvalue weighted by atomic mass is 79.9. The van der Waals surface area contributed by atoms with Crippen LogP contribution in [0, 0.1) is 0 Å². The topological polar surface area (TPSA) is 54.4 Å². The molecule has 1 atom stereocenters. The zero-order chi connectivity index (χ0) is 13.6. The molecule has 0 aromatic heterocycles. The Labute approximate surface area is 117 Å². The third-order valence-electron chi connectivity index (χ3n) is 2.49. The molecule has 0 saturated carbocycles. The normalized spacial score (nSPS) is 14.5. The van der Waals surface area contributed by atoms with Crippen LogP contribution < -0.4 is 0 Å². The molecule has 1 rings (SSSR count). The smallest absolute Gasteiger partial charge is 0.200 e. The van der Waals surface area contributed by atoms with Crippen LogP contribution in [0.3, 0.4) is 0 Å². The van der Waals surface area contributed by atoms with E-state index in [1.165, 1.54) is 12.1 Å². The van der Waals surface area contributed by atoms with Crippen LogP contribution in [0.2, 0.25) is 0 Å². The zero-order valence-corrected chi connectivity index (χ0v) is 12.6. The van der Waals surface area contributed by atoms with E-state index in [9.17, 15) is 13.5 Å². The van der Waals surface area contributed by atoms with Crippen LogP contribution >= 0.6 is 15.9 Å². The number of halogens is 1. The predicted octanol–water partition coefficient (Wildman–Crippen LogP) is 3.25. The highest BCUT2D eigenvalue weighted by Gasteiger charge is 2.15. The van der Waals surface area contributed by atoms with E-state index in [1.54, 1.807) is 18.2 Å². The summed E-state index contributed by atoms with van der Waals surface area (Å²) in [5.41, 5.74) is 0. The molecule has 3 nitrogen and oxygen atoms in total. The van der Waals surface area contributed by atoms with Gasteiger partial charge in [0.05, 0.1) is 11.0 Å². The largest absolute Gasteiger partial charge is 0.388 e. The van der Waals surface area contributed by atoms with E-state index in [-0.39, 0.29) is 4.90 Å². The SMILES string of the molecule is CCCCC(O)/C(Br)=C\S(=O)(=O)c1ccccc1. The minimum absolute atomic E-state index is 0.227. The Bertz CT molecular complexity index is 494. The molecule has 1 aromatic carbocycles. The van der Waals surface area contributed by atoms with Crippen molar-refractivity contribution in [2.75, 3.05) is 0 Å². The van der Waals surface area contributed by atoms with Gasteiger partial charge in [-0.25, -0.2) is 8.42 Å². The molecule has 0 bridgehead atoms. The fraction of sp³-hybridized carbons (Fsp3) is 0.385. The van der Waals surface area contributed by atoms with E-state index < -0.39 is 15.9 Å². The molecule has 5 heteroatoms. The highest BCUT2D eigenvalue weighted by Crippen LogP contribution is 2.21. The van der Waals surface area contributed by atoms with Crippen LogP contribution in [0.15, 0.2) is 45.1 Å². The van der Waals surface area contributed by atoms with Gasteiger partial charge in [0.1, 0.15) is 0 Å². The molecule has 1 unspecified atom stereocenters. The van der Waals surface area contributed by atoms with Gasteiger partial charge in [0.2, 0.25) is 9.84 Å². The predicted molar refractivity (Wildman–Crippen MR) is 76.2 cm³/mol. The summed E-state index contributed by atoms with van der Waals surface area (Å²) in [5.74, 6) is 0. The maximum Gasteiger partial charge on any atom is 0.200 e. The summed E-state index contributed by atoms with van der Waals surface area (Å²) in [6.45, 7) is 2.02. The second-order valence-corrected chi connectivity index (χ2v) is 6.73. The van der Waals surface area contributed by atoms with Gasteiger partial charge in [-0.3, -0.25) is 0 Å². The molecule has 0 fully saturated rings. The lowest BCUT2D eigenvalue weighted by atomic mass is 10.2. The van der Waals surface area contributed by atoms with Crippen LogP contribution in [-0.4, -0.2) is 19.6 Å². The van der Waals surface area contributed by atoms with Crippen molar-refractivity contribution in [2.24, 2.45) is 0 Å². The van der Waals surface area contributed by atoms with Crippen molar-refractivity contribution in [1.82, 2.24) is 0 Å². The standard InChI is InChI=1S/C13H17BrO3S/c1-2-3-9-13(15)12(14)10-18(16,17)11-7-5-4-6-8-11/h4-8,10,13,15H,2-3,9H2,1H3/b12-10+. The maximum absolute atomic E-state index is 12.0. The van der Waals surface area contributed by atoms with Gasteiger partial charge < -0.3 is 5.11 Å². The Morgan fingerprint density at radius 3 is 2.56 bits per heavy atom. The van der Waals surface area contributed by atoms with Gasteiger partial charge in [0.15, 0.2) is 0 Å². The van der Waals surface area contributed by atoms with Crippen molar-refractivity contribution in [3.63, 3.8) is 0 Å². The minimum atomic E-state index is -3.50. The van der Waals surface area contributed by atoms with E-state index in [4.69, 9.17) is 0 Å². The zero-order valence-electron chi connectivity index (χ0n) is 10.2. The van der Waals surface area contributed by atoms with E-state index in [1.807, 2.05) is 6.92 Å². The third kappa shape index (κ3) is 4.55. The van der Waals surface area contributed by atoms with Gasteiger partial charge in [0, 0.05) is 9.89 Å². The first kappa shape index (κ1) is 15.4. The van der Waals surface area contributed by atoms with Crippen LogP contribution in [0.5, 0.6) is 0 Å². The van der Waals surface area contributed by atoms with Crippen LogP contribution in [0.4, 0.5) is 0 Å². The quantitative estimate of drug-likeness (QED) is 0.869. The number of hydrogen-bond donors (Lipinski definition) is 1. The summed E-state index contributed by atoms with van der Waals surface area (Å²) in [6.07, 6.45) is 1.61. The molecule has 0 aliphatic carbocycles. The van der Waals surface area contributed by atoms with Gasteiger partial charge in [0.25, 0.3) is 0 Å². The Balaban J connectivity index is 2.88. The first-order valence-electron chi connectivity index (χ1n) is 5.82. The van der Waals surface area contributed by atoms with Crippen molar-refractivity contribution in [3.8, 4) is 0 Å². The van der Waals surface area contributed by atoms with Crippen molar-refractivity contribution >= 4 is 25.8 Å². The second-order valence-electron chi connectivity index (χ2n) is 4.02. The van der Waals surface area contributed by atoms with Gasteiger partial charge in [-0.15, -0.1) is 0 Å². The number of sulfone groups is 1. The monoisotopic (exact) mass is 332 g/mol. The number of aliphatic hydroxyl groups excluding tert-OH is 1. The average molecular weight is 333 g/mol. The highest BCUT2D eigenvalue weighted by molar-refractivity contribution is 9.11. The molecule has 0 spiro atoms. The first-order chi connectivity index (χ1) is 8.47. The van der Waals surface area contributed by atoms with E-state index in [0.717, 1.165) is 18.2 Å². The molecule has 0 radical (unpaired) electrons. The number of rotatable bonds is 6. The molecule has 0 amide bonds. The Kier molecular flexibility index (Phi) is 6.05. The van der Waals surface area contributed by atoms with E-state index >= 15 is 0 Å². The summed E-state index contributed by atoms with van der Waals surface area (Å²) in [4.78, 5) is 0.227. The van der Waals surface area contributed by atoms with Crippen molar-refractivity contribution in [2.45, 2.75) is 37.2 Å². The van der Waals surface area contributed by atoms with E-state index in [0.29, 0.717) is 10.9 Å². The lowest BCUT2D eigenvalue weighted by molar-refractivity contribution is 0.206. The fourth-order valence-corrected chi connectivity index (χ4v) is 3.53. The summed E-state index contributed by atoms with van der Waals surface area (Å²) in [7, 11) is -3.50. The summed E-state index contributed by atoms with van der Waals surface area (Å²) < 4.78 is 24.3. The lowest BCUT2D eigenvalue weighted by Crippen LogP contribution is -2.08. The van der Waals surface area contributed by atoms with Crippen LogP contribution in [-0.2, 0) is 9.84 Å². The molecule has 18 heavy (non-hydrogen) atoms. The number of unbranched alkanes of at least 4 members (excludes halogenated alkanes) is 1. The summed E-state index contributed by atoms with van der Waals surface area (Å²) >= 11 is 3.14. The average Bonchev–Trinajstić information content (AvgIpc) is 2.36. The molecular formula is C13H17BrO3S. The maximum atomic E-state index is 12.0. The van der Waals surface area contributed by atoms with Crippen molar-refractivity contribution in [1.29, 1.82) is 0 Å². The molecule has 100 valence electrons. The first-order valence-corrected chi connectivity index (χ1v) is 8.16. The Morgan fingerprint density at radius 2 is 2.00 bits per heavy atom. The summed E-state index contributed by atoms with van der Waals surface area (Å²) in [6, 6.07) is 8.16. The molecule has 1 aromatic rings. The lowest BCUT2D eigenvalue weighted by Gasteiger charge is -2.09. The van der Waals surface area contributed by atoms with Crippen LogP contribution in [0.25, 0.3) is 0 Å². The van der Waals surface area contributed by atoms with Gasteiger partial charge in [-0.1, -0.05) is 53.9 Å². The fourth-order valence-electron chi connectivity index (χ4n) is 1.44. The van der Waals surface area contributed by atoms with Gasteiger partial charge in [-0.05, 0) is 18.6 Å². The number of benzene rings is 1. The molecule has 0 aliphatic heterocycles. The van der Waals surface area contributed by atoms with Gasteiger partial charge in [-0.2, -0.15) is 0 Å². The second kappa shape index (κ2) is 7.07.